The lowest BCUT2D eigenvalue weighted by Gasteiger charge is -2.27. The molecule has 0 N–H and O–H groups in total. The quantitative estimate of drug-likeness (QED) is 0.0444. The van der Waals surface area contributed by atoms with Crippen LogP contribution in [0.2, 0.25) is 0 Å². The van der Waals surface area contributed by atoms with Crippen LogP contribution >= 0.6 is 0 Å². The van der Waals surface area contributed by atoms with Gasteiger partial charge in [-0.2, -0.15) is 0 Å². The third kappa shape index (κ3) is 58.3. The van der Waals surface area contributed by atoms with Crippen LogP contribution in [0.5, 0.6) is 0 Å². The molecule has 1 saturated heterocycles. The van der Waals surface area contributed by atoms with Crippen molar-refractivity contribution in [1.29, 1.82) is 0 Å². The Labute approximate surface area is 447 Å². The lowest BCUT2D eigenvalue weighted by Crippen LogP contribution is -2.37. The van der Waals surface area contributed by atoms with Gasteiger partial charge in [0, 0.05) is 46.3 Å². The predicted octanol–water partition coefficient (Wildman–Crippen LogP) is 18.0. The van der Waals surface area contributed by atoms with Gasteiger partial charge in [0.2, 0.25) is 0 Å². The van der Waals surface area contributed by atoms with E-state index in [-0.39, 0.29) is 0 Å². The monoisotopic (exact) mass is 1010 g/mol. The molecule has 426 valence electrons. The van der Waals surface area contributed by atoms with Crippen molar-refractivity contribution in [3.63, 3.8) is 0 Å². The van der Waals surface area contributed by atoms with Crippen molar-refractivity contribution in [3.05, 3.63) is 0 Å². The maximum atomic E-state index is 11.2. The summed E-state index contributed by atoms with van der Waals surface area (Å²) in [6.45, 7) is 25.1. The van der Waals surface area contributed by atoms with Gasteiger partial charge in [0.25, 0.3) is 0 Å². The molecule has 1 aliphatic heterocycles. The summed E-state index contributed by atoms with van der Waals surface area (Å²) in [5.74, 6) is 0.868. The summed E-state index contributed by atoms with van der Waals surface area (Å²) in [7, 11) is 4.02. The smallest absolute Gasteiger partial charge is 0.133 e. The first-order valence-corrected chi connectivity index (χ1v) is 32.2. The number of likely N-dealkylation sites (tertiary alicyclic amines) is 1. The van der Waals surface area contributed by atoms with Gasteiger partial charge in [0.15, 0.2) is 0 Å². The molecule has 0 radical (unpaired) electrons. The fraction of sp³-hybridized carbons (Fsp3) is 0.969. The lowest BCUT2D eigenvalue weighted by molar-refractivity contribution is -0.109. The molecule has 7 heteroatoms. The number of unbranched alkanes of at least 4 members (excludes halogenated alkanes) is 35. The average Bonchev–Trinajstić information content (AvgIpc) is 3.79. The number of carbonyl (C=O) groups excluding carboxylic acids is 2. The first-order valence-electron chi connectivity index (χ1n) is 32.2. The molecule has 0 amide bonds. The Morgan fingerprint density at radius 1 is 0.394 bits per heavy atom. The van der Waals surface area contributed by atoms with Gasteiger partial charge in [0.05, 0.1) is 6.54 Å². The van der Waals surface area contributed by atoms with Crippen molar-refractivity contribution >= 4 is 12.6 Å². The van der Waals surface area contributed by atoms with E-state index in [4.69, 9.17) is 4.74 Å². The zero-order chi connectivity index (χ0) is 52.2. The minimum absolute atomic E-state index is 0.609. The third-order valence-corrected chi connectivity index (χ3v) is 15.1. The van der Waals surface area contributed by atoms with Crippen LogP contribution in [0.4, 0.5) is 0 Å². The second-order valence-electron chi connectivity index (χ2n) is 22.3. The highest BCUT2D eigenvalue weighted by molar-refractivity contribution is 5.51. The highest BCUT2D eigenvalue weighted by Gasteiger charge is 2.21. The van der Waals surface area contributed by atoms with Crippen LogP contribution in [0.25, 0.3) is 0 Å². The Morgan fingerprint density at radius 3 is 1.06 bits per heavy atom. The molecule has 0 aliphatic carbocycles. The highest BCUT2D eigenvalue weighted by Crippen LogP contribution is 2.18. The Balaban J connectivity index is 0. The van der Waals surface area contributed by atoms with E-state index in [2.05, 4.69) is 61.3 Å². The molecule has 0 aromatic carbocycles. The fourth-order valence-electron chi connectivity index (χ4n) is 10.3. The molecule has 1 rings (SSSR count). The molecule has 1 atom stereocenters. The lowest BCUT2D eigenvalue weighted by atomic mass is 10.0. The van der Waals surface area contributed by atoms with Gasteiger partial charge in [-0.25, -0.2) is 0 Å². The average molecular weight is 1010 g/mol. The number of rotatable bonds is 55. The third-order valence-electron chi connectivity index (χ3n) is 15.1. The Morgan fingerprint density at radius 2 is 0.718 bits per heavy atom. The molecule has 0 saturated carbocycles. The molecular formula is C64H132N4O3. The first kappa shape index (κ1) is 72.2. The van der Waals surface area contributed by atoms with E-state index in [1.807, 2.05) is 0 Å². The highest BCUT2D eigenvalue weighted by atomic mass is 16.5. The molecule has 7 nitrogen and oxygen atoms in total. The van der Waals surface area contributed by atoms with Crippen LogP contribution in [0.3, 0.4) is 0 Å². The Kier molecular flexibility index (Phi) is 64.5. The van der Waals surface area contributed by atoms with Crippen LogP contribution in [0, 0.1) is 5.92 Å². The largest absolute Gasteiger partial charge is 0.385 e. The van der Waals surface area contributed by atoms with Gasteiger partial charge in [0.1, 0.15) is 12.6 Å². The number of carbonyl (C=O) groups is 2. The first-order chi connectivity index (χ1) is 34.9. The van der Waals surface area contributed by atoms with Gasteiger partial charge in [-0.3, -0.25) is 4.90 Å². The maximum absolute atomic E-state index is 11.2. The standard InChI is InChI=1S/C30H62N2O.C26H52N2O.C8H18O/c1-4-7-10-13-16-19-22-25-31(24-21-18-15-12-9-6-3)27-28-32(29-30-33)26-23-20-17-14-11-8-5-2;1-3-4-5-6-7-8-9-10-11-12-13-16-20-28(21-17-14-15-18-23-29)25-26-19-22-27(2)24-26;1-3-4-5-6-7-8-9-2/h30H,4-29H2,1-3H3;23,26H,3-22,24-25H2,1-2H3;3-8H2,1-2H3. The summed E-state index contributed by atoms with van der Waals surface area (Å²) in [4.78, 5) is 32.0. The second-order valence-corrected chi connectivity index (χ2v) is 22.3. The zero-order valence-electron chi connectivity index (χ0n) is 49.9. The van der Waals surface area contributed by atoms with Gasteiger partial charge in [-0.15, -0.1) is 0 Å². The predicted molar refractivity (Wildman–Crippen MR) is 317 cm³/mol. The number of nitrogens with zero attached hydrogens (tertiary/aromatic N) is 4. The summed E-state index contributed by atoms with van der Waals surface area (Å²) >= 11 is 0. The van der Waals surface area contributed by atoms with Crippen molar-refractivity contribution in [1.82, 2.24) is 19.6 Å². The number of methoxy groups -OCH3 is 1. The normalized spacial score (nSPS) is 13.8. The molecule has 0 aromatic rings. The molecule has 1 aliphatic rings. The molecule has 1 fully saturated rings. The fourth-order valence-corrected chi connectivity index (χ4v) is 10.3. The summed E-state index contributed by atoms with van der Waals surface area (Å²) in [5.41, 5.74) is 0. The summed E-state index contributed by atoms with van der Waals surface area (Å²) < 4.78 is 4.92. The molecule has 0 bridgehead atoms. The Hall–Kier alpha value is -0.860. The van der Waals surface area contributed by atoms with Crippen LogP contribution < -0.4 is 0 Å². The molecular weight excluding hydrogens is 873 g/mol. The molecule has 0 spiro atoms. The van der Waals surface area contributed by atoms with Gasteiger partial charge >= 0.3 is 0 Å². The van der Waals surface area contributed by atoms with E-state index in [0.717, 1.165) is 57.6 Å². The number of hydrogen-bond acceptors (Lipinski definition) is 7. The van der Waals surface area contributed by atoms with E-state index in [1.165, 1.54) is 303 Å². The van der Waals surface area contributed by atoms with Crippen LogP contribution in [0.1, 0.15) is 304 Å². The second kappa shape index (κ2) is 63.4. The van der Waals surface area contributed by atoms with Crippen molar-refractivity contribution in [3.8, 4) is 0 Å². The van der Waals surface area contributed by atoms with E-state index >= 15 is 0 Å². The number of ether oxygens (including phenoxy) is 1. The minimum atomic E-state index is 0.609. The van der Waals surface area contributed by atoms with Crippen LogP contribution in [0.15, 0.2) is 0 Å². The summed E-state index contributed by atoms with van der Waals surface area (Å²) in [6, 6.07) is 0. The number of hydrogen-bond donors (Lipinski definition) is 0. The Bertz CT molecular complexity index is 980. The van der Waals surface area contributed by atoms with Crippen molar-refractivity contribution in [2.45, 2.75) is 304 Å². The van der Waals surface area contributed by atoms with Gasteiger partial charge < -0.3 is 29.0 Å². The minimum Gasteiger partial charge on any atom is -0.385 e. The van der Waals surface area contributed by atoms with Crippen molar-refractivity contribution < 1.29 is 14.3 Å². The topological polar surface area (TPSA) is 56.3 Å². The summed E-state index contributed by atoms with van der Waals surface area (Å²) in [5, 5.41) is 0. The van der Waals surface area contributed by atoms with Crippen LogP contribution in [-0.4, -0.2) is 125 Å². The SMILES string of the molecule is CCCCCCCCCCCCCCN(CCCCCC=O)CC1CCN(C)C1.CCCCCCCCCN(CC=O)CCN(CCCCCCCC)CCCCCCCCC.CCCCCCCOC. The number of aldehydes is 2. The van der Waals surface area contributed by atoms with Gasteiger partial charge in [-0.05, 0) is 104 Å². The molecule has 1 unspecified atom stereocenters. The summed E-state index contributed by atoms with van der Waals surface area (Å²) in [6.07, 6.45) is 58.9. The van der Waals surface area contributed by atoms with E-state index in [9.17, 15) is 9.59 Å². The molecule has 0 aromatic heterocycles. The van der Waals surface area contributed by atoms with E-state index in [0.29, 0.717) is 6.54 Å². The molecule has 1 heterocycles. The van der Waals surface area contributed by atoms with Crippen molar-refractivity contribution in [2.75, 3.05) is 92.8 Å². The maximum Gasteiger partial charge on any atom is 0.133 e. The van der Waals surface area contributed by atoms with Crippen LogP contribution in [-0.2, 0) is 14.3 Å². The van der Waals surface area contributed by atoms with Crippen molar-refractivity contribution in [2.24, 2.45) is 5.92 Å². The van der Waals surface area contributed by atoms with E-state index in [1.54, 1.807) is 7.11 Å². The van der Waals surface area contributed by atoms with E-state index < -0.39 is 0 Å². The van der Waals surface area contributed by atoms with Gasteiger partial charge in [-0.1, -0.05) is 247 Å². The molecule has 71 heavy (non-hydrogen) atoms. The zero-order valence-corrected chi connectivity index (χ0v) is 49.9.